The van der Waals surface area contributed by atoms with Crippen molar-refractivity contribution in [3.8, 4) is 10.6 Å². The van der Waals surface area contributed by atoms with Crippen molar-refractivity contribution in [3.63, 3.8) is 0 Å². The van der Waals surface area contributed by atoms with Gasteiger partial charge in [-0.2, -0.15) is 0 Å². The summed E-state index contributed by atoms with van der Waals surface area (Å²) in [6.45, 7) is 4.42. The Hall–Kier alpha value is -2.66. The predicted octanol–water partition coefficient (Wildman–Crippen LogP) is 5.31. The van der Waals surface area contributed by atoms with E-state index in [-0.39, 0.29) is 5.63 Å². The smallest absolute Gasteiger partial charge is 0.346 e. The molecule has 136 valence electrons. The van der Waals surface area contributed by atoms with E-state index >= 15 is 0 Å². The third-order valence-corrected chi connectivity index (χ3v) is 6.46. The average Bonchev–Trinajstić information content (AvgIpc) is 3.11. The van der Waals surface area contributed by atoms with Crippen LogP contribution in [0.5, 0.6) is 0 Å². The molecular formula is C22H20N2O2S. The lowest BCUT2D eigenvalue weighted by molar-refractivity contribution is 0.438. The average molecular weight is 376 g/mol. The molecule has 0 unspecified atom stereocenters. The van der Waals surface area contributed by atoms with Crippen LogP contribution in [0.15, 0.2) is 57.7 Å². The number of benzene rings is 2. The van der Waals surface area contributed by atoms with Gasteiger partial charge in [0, 0.05) is 30.2 Å². The molecule has 0 spiro atoms. The van der Waals surface area contributed by atoms with Crippen LogP contribution in [0.4, 0.5) is 5.69 Å². The van der Waals surface area contributed by atoms with Crippen LogP contribution in [-0.2, 0) is 0 Å². The van der Waals surface area contributed by atoms with Crippen molar-refractivity contribution in [2.75, 3.05) is 18.0 Å². The molecule has 5 heteroatoms. The lowest BCUT2D eigenvalue weighted by Crippen LogP contribution is -2.32. The normalized spacial score (nSPS) is 15.7. The largest absolute Gasteiger partial charge is 0.422 e. The second kappa shape index (κ2) is 6.50. The predicted molar refractivity (Wildman–Crippen MR) is 112 cm³/mol. The van der Waals surface area contributed by atoms with Crippen molar-refractivity contribution < 1.29 is 4.42 Å². The first-order chi connectivity index (χ1) is 13.2. The summed E-state index contributed by atoms with van der Waals surface area (Å²) in [6, 6.07) is 16.0. The highest BCUT2D eigenvalue weighted by atomic mass is 32.1. The molecule has 0 saturated carbocycles. The Labute approximate surface area is 161 Å². The monoisotopic (exact) mass is 376 g/mol. The van der Waals surface area contributed by atoms with Gasteiger partial charge >= 0.3 is 5.63 Å². The summed E-state index contributed by atoms with van der Waals surface area (Å²) in [5, 5.41) is 1.64. The zero-order valence-electron chi connectivity index (χ0n) is 15.1. The summed E-state index contributed by atoms with van der Waals surface area (Å²) in [7, 11) is 0. The third kappa shape index (κ3) is 3.02. The topological polar surface area (TPSA) is 46.3 Å². The molecular weight excluding hydrogens is 356 g/mol. The van der Waals surface area contributed by atoms with Gasteiger partial charge in [0.25, 0.3) is 0 Å². The molecule has 3 heterocycles. The van der Waals surface area contributed by atoms with Gasteiger partial charge in [-0.3, -0.25) is 0 Å². The number of anilines is 1. The minimum atomic E-state index is -0.328. The van der Waals surface area contributed by atoms with Crippen LogP contribution in [-0.4, -0.2) is 18.1 Å². The van der Waals surface area contributed by atoms with Gasteiger partial charge in [-0.15, -0.1) is 11.3 Å². The Bertz CT molecular complexity index is 1150. The van der Waals surface area contributed by atoms with Crippen molar-refractivity contribution in [1.82, 2.24) is 4.98 Å². The van der Waals surface area contributed by atoms with E-state index in [4.69, 9.17) is 4.42 Å². The molecule has 0 radical (unpaired) electrons. The van der Waals surface area contributed by atoms with Gasteiger partial charge in [0.05, 0.1) is 15.8 Å². The van der Waals surface area contributed by atoms with Crippen molar-refractivity contribution in [1.29, 1.82) is 0 Å². The second-order valence-electron chi connectivity index (χ2n) is 7.33. The van der Waals surface area contributed by atoms with E-state index in [1.807, 2.05) is 42.5 Å². The van der Waals surface area contributed by atoms with Crippen LogP contribution in [0.1, 0.15) is 19.8 Å². The lowest BCUT2D eigenvalue weighted by Gasteiger charge is -2.32. The standard InChI is InChI=1S/C22H20N2O2S/c1-14-8-10-24(11-9-14)16-7-6-15-12-17(22(25)26-19(15)13-16)21-23-18-4-2-3-5-20(18)27-21/h2-7,12-14H,8-11H2,1H3. The van der Waals surface area contributed by atoms with E-state index in [2.05, 4.69) is 22.9 Å². The van der Waals surface area contributed by atoms with Crippen LogP contribution >= 0.6 is 11.3 Å². The van der Waals surface area contributed by atoms with E-state index < -0.39 is 0 Å². The molecule has 0 atom stereocenters. The zero-order valence-corrected chi connectivity index (χ0v) is 16.0. The quantitative estimate of drug-likeness (QED) is 0.445. The van der Waals surface area contributed by atoms with Gasteiger partial charge in [-0.25, -0.2) is 9.78 Å². The summed E-state index contributed by atoms with van der Waals surface area (Å²) >= 11 is 1.52. The maximum absolute atomic E-state index is 12.6. The molecule has 27 heavy (non-hydrogen) atoms. The SMILES string of the molecule is CC1CCN(c2ccc3cc(-c4nc5ccccc5s4)c(=O)oc3c2)CC1. The maximum Gasteiger partial charge on any atom is 0.346 e. The number of rotatable bonds is 2. The number of para-hydroxylation sites is 1. The lowest BCUT2D eigenvalue weighted by atomic mass is 9.98. The Kier molecular flexibility index (Phi) is 3.97. The number of thiazole rings is 1. The summed E-state index contributed by atoms with van der Waals surface area (Å²) in [4.78, 5) is 19.6. The van der Waals surface area contributed by atoms with E-state index in [1.54, 1.807) is 0 Å². The molecule has 1 aliphatic heterocycles. The zero-order chi connectivity index (χ0) is 18.4. The highest BCUT2D eigenvalue weighted by molar-refractivity contribution is 7.21. The minimum absolute atomic E-state index is 0.328. The van der Waals surface area contributed by atoms with Crippen molar-refractivity contribution in [2.24, 2.45) is 5.92 Å². The van der Waals surface area contributed by atoms with Crippen LogP contribution in [0.25, 0.3) is 31.8 Å². The summed E-state index contributed by atoms with van der Waals surface area (Å²) in [6.07, 6.45) is 2.41. The molecule has 1 aliphatic rings. The van der Waals surface area contributed by atoms with E-state index in [9.17, 15) is 4.79 Å². The van der Waals surface area contributed by atoms with Crippen molar-refractivity contribution in [2.45, 2.75) is 19.8 Å². The molecule has 2 aromatic carbocycles. The van der Waals surface area contributed by atoms with Gasteiger partial charge in [0.1, 0.15) is 10.6 Å². The number of nitrogens with zero attached hydrogens (tertiary/aromatic N) is 2. The molecule has 0 amide bonds. The van der Waals surface area contributed by atoms with Gasteiger partial charge in [-0.05, 0) is 49.1 Å². The summed E-state index contributed by atoms with van der Waals surface area (Å²) in [5.41, 5.74) is 2.88. The minimum Gasteiger partial charge on any atom is -0.422 e. The second-order valence-corrected chi connectivity index (χ2v) is 8.36. The number of hydrogen-bond acceptors (Lipinski definition) is 5. The first-order valence-electron chi connectivity index (χ1n) is 9.36. The highest BCUT2D eigenvalue weighted by Crippen LogP contribution is 2.31. The maximum atomic E-state index is 12.6. The number of hydrogen-bond donors (Lipinski definition) is 0. The fraction of sp³-hybridized carbons (Fsp3) is 0.273. The molecule has 1 fully saturated rings. The van der Waals surface area contributed by atoms with E-state index in [1.165, 1.54) is 24.2 Å². The van der Waals surface area contributed by atoms with Gasteiger partial charge in [0.15, 0.2) is 0 Å². The Balaban J connectivity index is 1.55. The summed E-state index contributed by atoms with van der Waals surface area (Å²) < 4.78 is 6.75. The van der Waals surface area contributed by atoms with Crippen molar-refractivity contribution >= 4 is 38.2 Å². The van der Waals surface area contributed by atoms with Crippen LogP contribution in [0.2, 0.25) is 0 Å². The number of fused-ring (bicyclic) bond motifs is 2. The molecule has 4 aromatic rings. The van der Waals surface area contributed by atoms with Crippen LogP contribution < -0.4 is 10.5 Å². The van der Waals surface area contributed by atoms with Crippen LogP contribution in [0, 0.1) is 5.92 Å². The van der Waals surface area contributed by atoms with Crippen LogP contribution in [0.3, 0.4) is 0 Å². The fourth-order valence-corrected chi connectivity index (χ4v) is 4.67. The molecule has 2 aromatic heterocycles. The molecule has 4 nitrogen and oxygen atoms in total. The Morgan fingerprint density at radius 2 is 1.93 bits per heavy atom. The Morgan fingerprint density at radius 3 is 2.74 bits per heavy atom. The molecule has 0 N–H and O–H groups in total. The number of piperidine rings is 1. The highest BCUT2D eigenvalue weighted by Gasteiger charge is 2.17. The third-order valence-electron chi connectivity index (χ3n) is 5.39. The molecule has 0 aliphatic carbocycles. The Morgan fingerprint density at radius 1 is 1.11 bits per heavy atom. The van der Waals surface area contributed by atoms with Gasteiger partial charge < -0.3 is 9.32 Å². The first kappa shape index (κ1) is 16.5. The molecule has 1 saturated heterocycles. The van der Waals surface area contributed by atoms with E-state index in [0.29, 0.717) is 16.2 Å². The summed E-state index contributed by atoms with van der Waals surface area (Å²) in [5.74, 6) is 0.788. The fourth-order valence-electron chi connectivity index (χ4n) is 3.70. The first-order valence-corrected chi connectivity index (χ1v) is 10.2. The van der Waals surface area contributed by atoms with Gasteiger partial charge in [0.2, 0.25) is 0 Å². The van der Waals surface area contributed by atoms with E-state index in [0.717, 1.165) is 40.3 Å². The molecule has 5 rings (SSSR count). The van der Waals surface area contributed by atoms with Crippen molar-refractivity contribution in [3.05, 3.63) is 59.0 Å². The van der Waals surface area contributed by atoms with Gasteiger partial charge in [-0.1, -0.05) is 19.1 Å². The number of aromatic nitrogens is 1. The molecule has 0 bridgehead atoms.